The van der Waals surface area contributed by atoms with Crippen molar-refractivity contribution in [2.45, 2.75) is 36.3 Å². The molecule has 2 heterocycles. The molecule has 8 heteroatoms. The molecule has 0 amide bonds. The van der Waals surface area contributed by atoms with Gasteiger partial charge in [-0.15, -0.1) is 0 Å². The fourth-order valence-corrected chi connectivity index (χ4v) is 3.69. The molecule has 3 rings (SSSR count). The highest BCUT2D eigenvalue weighted by atomic mass is 32.2. The molecular formula is C10H16N4O3S. The fourth-order valence-electron chi connectivity index (χ4n) is 2.39. The maximum absolute atomic E-state index is 12.2. The van der Waals surface area contributed by atoms with Crippen molar-refractivity contribution >= 4 is 15.8 Å². The minimum Gasteiger partial charge on any atom is -0.383 e. The van der Waals surface area contributed by atoms with Crippen molar-refractivity contribution < 1.29 is 13.2 Å². The Bertz CT molecular complexity index is 537. The maximum atomic E-state index is 12.2. The van der Waals surface area contributed by atoms with Gasteiger partial charge in [-0.2, -0.15) is 5.10 Å². The zero-order chi connectivity index (χ0) is 12.8. The molecule has 2 fully saturated rings. The van der Waals surface area contributed by atoms with Crippen LogP contribution in [0, 0.1) is 5.92 Å². The molecule has 2 aliphatic rings. The van der Waals surface area contributed by atoms with Crippen molar-refractivity contribution in [2.75, 3.05) is 12.3 Å². The fraction of sp³-hybridized carbons (Fsp3) is 0.700. The summed E-state index contributed by atoms with van der Waals surface area (Å²) in [6, 6.07) is -0.156. The molecule has 1 aliphatic carbocycles. The van der Waals surface area contributed by atoms with Gasteiger partial charge in [0.1, 0.15) is 10.7 Å². The van der Waals surface area contributed by atoms with E-state index in [9.17, 15) is 8.42 Å². The first-order valence-electron chi connectivity index (χ1n) is 6.01. The first-order chi connectivity index (χ1) is 8.58. The molecule has 1 saturated heterocycles. The van der Waals surface area contributed by atoms with Gasteiger partial charge in [-0.3, -0.25) is 5.10 Å². The van der Waals surface area contributed by atoms with Gasteiger partial charge in [0.05, 0.1) is 18.3 Å². The summed E-state index contributed by atoms with van der Waals surface area (Å²) in [6.07, 6.45) is 4.18. The third kappa shape index (κ3) is 2.11. The number of aromatic amines is 1. The summed E-state index contributed by atoms with van der Waals surface area (Å²) in [6.45, 7) is 0.606. The quantitative estimate of drug-likeness (QED) is 0.705. The van der Waals surface area contributed by atoms with Crippen molar-refractivity contribution in [1.82, 2.24) is 14.9 Å². The van der Waals surface area contributed by atoms with Crippen LogP contribution >= 0.6 is 0 Å². The highest BCUT2D eigenvalue weighted by Gasteiger charge is 2.42. The van der Waals surface area contributed by atoms with Crippen molar-refractivity contribution in [3.8, 4) is 0 Å². The number of aromatic nitrogens is 2. The maximum Gasteiger partial charge on any atom is 0.246 e. The van der Waals surface area contributed by atoms with Crippen LogP contribution in [-0.2, 0) is 14.8 Å². The van der Waals surface area contributed by atoms with E-state index >= 15 is 0 Å². The first-order valence-corrected chi connectivity index (χ1v) is 7.49. The van der Waals surface area contributed by atoms with Gasteiger partial charge in [-0.1, -0.05) is 0 Å². The van der Waals surface area contributed by atoms with E-state index in [2.05, 4.69) is 14.9 Å². The number of ether oxygens (including phenoxy) is 1. The van der Waals surface area contributed by atoms with Gasteiger partial charge in [-0.25, -0.2) is 13.1 Å². The van der Waals surface area contributed by atoms with Gasteiger partial charge in [-0.05, 0) is 25.2 Å². The minimum atomic E-state index is -3.62. The number of nitrogen functional groups attached to an aromatic ring is 1. The molecule has 0 spiro atoms. The second-order valence-corrected chi connectivity index (χ2v) is 6.52. The Balaban J connectivity index is 1.77. The number of nitrogens with two attached hydrogens (primary N) is 1. The average Bonchev–Trinajstić information content (AvgIpc) is 2.89. The number of hydrogen-bond donors (Lipinski definition) is 3. The van der Waals surface area contributed by atoms with E-state index in [4.69, 9.17) is 10.5 Å². The number of nitrogens with zero attached hydrogens (tertiary/aromatic N) is 1. The molecule has 1 aliphatic heterocycles. The number of hydrogen-bond acceptors (Lipinski definition) is 5. The minimum absolute atomic E-state index is 0.00365. The van der Waals surface area contributed by atoms with Crippen molar-refractivity contribution in [3.63, 3.8) is 0 Å². The van der Waals surface area contributed by atoms with Crippen LogP contribution in [0.4, 0.5) is 5.82 Å². The lowest BCUT2D eigenvalue weighted by Gasteiger charge is -2.19. The van der Waals surface area contributed by atoms with Gasteiger partial charge < -0.3 is 10.5 Å². The second kappa shape index (κ2) is 4.22. The number of nitrogens with one attached hydrogen (secondary N) is 2. The standard InChI is InChI=1S/C10H16N4O3S/c11-10-8(5-12-13-10)18(15,16)14-7-3-4-17-9(7)6-1-2-6/h5-7,9,14H,1-4H2,(H3,11,12,13). The van der Waals surface area contributed by atoms with Crippen LogP contribution < -0.4 is 10.5 Å². The van der Waals surface area contributed by atoms with Crippen LogP contribution in [0.2, 0.25) is 0 Å². The lowest BCUT2D eigenvalue weighted by atomic mass is 10.1. The summed E-state index contributed by atoms with van der Waals surface area (Å²) in [7, 11) is -3.62. The Morgan fingerprint density at radius 1 is 1.44 bits per heavy atom. The summed E-state index contributed by atoms with van der Waals surface area (Å²) < 4.78 is 32.6. The van der Waals surface area contributed by atoms with Gasteiger partial charge in [0.15, 0.2) is 0 Å². The SMILES string of the molecule is Nc1[nH]ncc1S(=O)(=O)NC1CCOC1C1CC1. The molecule has 100 valence electrons. The van der Waals surface area contributed by atoms with Crippen LogP contribution in [0.15, 0.2) is 11.1 Å². The molecule has 7 nitrogen and oxygen atoms in total. The number of rotatable bonds is 4. The Kier molecular flexibility index (Phi) is 2.80. The van der Waals surface area contributed by atoms with Crippen LogP contribution in [0.5, 0.6) is 0 Å². The zero-order valence-corrected chi connectivity index (χ0v) is 10.6. The number of sulfonamides is 1. The topological polar surface area (TPSA) is 110 Å². The number of H-pyrrole nitrogens is 1. The average molecular weight is 272 g/mol. The van der Waals surface area contributed by atoms with Gasteiger partial charge in [0.25, 0.3) is 0 Å². The summed E-state index contributed by atoms with van der Waals surface area (Å²) in [4.78, 5) is 0.00365. The van der Waals surface area contributed by atoms with Gasteiger partial charge in [0, 0.05) is 6.61 Å². The third-order valence-electron chi connectivity index (χ3n) is 3.45. The molecule has 0 bridgehead atoms. The summed E-state index contributed by atoms with van der Waals surface area (Å²) in [5, 5.41) is 6.05. The molecule has 4 N–H and O–H groups in total. The molecule has 18 heavy (non-hydrogen) atoms. The largest absolute Gasteiger partial charge is 0.383 e. The van der Waals surface area contributed by atoms with E-state index in [1.807, 2.05) is 0 Å². The molecule has 1 saturated carbocycles. The van der Waals surface area contributed by atoms with E-state index in [1.165, 1.54) is 6.20 Å². The second-order valence-electron chi connectivity index (χ2n) is 4.84. The third-order valence-corrected chi connectivity index (χ3v) is 4.97. The highest BCUT2D eigenvalue weighted by molar-refractivity contribution is 7.89. The van der Waals surface area contributed by atoms with E-state index in [1.54, 1.807) is 0 Å². The molecule has 0 radical (unpaired) electrons. The van der Waals surface area contributed by atoms with Crippen LogP contribution in [-0.4, -0.2) is 37.4 Å². The summed E-state index contributed by atoms with van der Waals surface area (Å²) >= 11 is 0. The number of anilines is 1. The Hall–Kier alpha value is -1.12. The van der Waals surface area contributed by atoms with E-state index in [0.717, 1.165) is 12.8 Å². The summed E-state index contributed by atoms with van der Waals surface area (Å²) in [5.74, 6) is 0.561. The lowest BCUT2D eigenvalue weighted by Crippen LogP contribution is -2.41. The zero-order valence-electron chi connectivity index (χ0n) is 9.80. The van der Waals surface area contributed by atoms with Gasteiger partial charge >= 0.3 is 0 Å². The highest BCUT2D eigenvalue weighted by Crippen LogP contribution is 2.39. The lowest BCUT2D eigenvalue weighted by molar-refractivity contribution is 0.0848. The van der Waals surface area contributed by atoms with E-state index in [0.29, 0.717) is 18.9 Å². The Morgan fingerprint density at radius 3 is 2.83 bits per heavy atom. The van der Waals surface area contributed by atoms with E-state index in [-0.39, 0.29) is 22.9 Å². The smallest absolute Gasteiger partial charge is 0.246 e. The molecule has 2 atom stereocenters. The molecule has 1 aromatic rings. The first kappa shape index (κ1) is 11.9. The van der Waals surface area contributed by atoms with Crippen LogP contribution in [0.1, 0.15) is 19.3 Å². The van der Waals surface area contributed by atoms with E-state index < -0.39 is 10.0 Å². The van der Waals surface area contributed by atoms with Crippen molar-refractivity contribution in [3.05, 3.63) is 6.20 Å². The van der Waals surface area contributed by atoms with Gasteiger partial charge in [0.2, 0.25) is 10.0 Å². The predicted molar refractivity (Wildman–Crippen MR) is 64.2 cm³/mol. The van der Waals surface area contributed by atoms with Crippen LogP contribution in [0.25, 0.3) is 0 Å². The molecule has 0 aromatic carbocycles. The molecule has 1 aromatic heterocycles. The Morgan fingerprint density at radius 2 is 2.22 bits per heavy atom. The monoisotopic (exact) mass is 272 g/mol. The summed E-state index contributed by atoms with van der Waals surface area (Å²) in [5.41, 5.74) is 5.54. The molecular weight excluding hydrogens is 256 g/mol. The predicted octanol–water partition coefficient (Wildman–Crippen LogP) is -0.162. The van der Waals surface area contributed by atoms with Crippen LogP contribution in [0.3, 0.4) is 0 Å². The van der Waals surface area contributed by atoms with Crippen molar-refractivity contribution in [1.29, 1.82) is 0 Å². The normalized spacial score (nSPS) is 28.7. The Labute approximate surface area is 105 Å². The molecule has 2 unspecified atom stereocenters. The van der Waals surface area contributed by atoms with Crippen molar-refractivity contribution in [2.24, 2.45) is 5.92 Å².